The van der Waals surface area contributed by atoms with Crippen LogP contribution in [0.5, 0.6) is 0 Å². The predicted molar refractivity (Wildman–Crippen MR) is 87.9 cm³/mol. The van der Waals surface area contributed by atoms with Gasteiger partial charge in [-0.3, -0.25) is 9.10 Å². The minimum absolute atomic E-state index is 0.00256. The Morgan fingerprint density at radius 2 is 1.91 bits per heavy atom. The highest BCUT2D eigenvalue weighted by atomic mass is 32.2. The van der Waals surface area contributed by atoms with Crippen LogP contribution in [0.3, 0.4) is 0 Å². The van der Waals surface area contributed by atoms with Crippen LogP contribution in [0.1, 0.15) is 30.1 Å². The molecular weight excluding hydrogens is 320 g/mol. The topological polar surface area (TPSA) is 92.8 Å². The molecule has 0 heterocycles. The molecule has 7 nitrogen and oxygen atoms in total. The van der Waals surface area contributed by atoms with Crippen molar-refractivity contribution in [1.29, 1.82) is 0 Å². The molecule has 1 N–H and O–H groups in total. The molecule has 0 aliphatic rings. The highest BCUT2D eigenvalue weighted by molar-refractivity contribution is 7.92. The van der Waals surface area contributed by atoms with Gasteiger partial charge in [0.1, 0.15) is 0 Å². The second kappa shape index (κ2) is 8.52. The summed E-state index contributed by atoms with van der Waals surface area (Å²) in [5.74, 6) is -0.874. The third-order valence-electron chi connectivity index (χ3n) is 3.09. The van der Waals surface area contributed by atoms with E-state index in [0.717, 1.165) is 17.0 Å². The van der Waals surface area contributed by atoms with Crippen LogP contribution in [0.4, 0.5) is 5.69 Å². The summed E-state index contributed by atoms with van der Waals surface area (Å²) in [4.78, 5) is 23.5. The molecule has 0 radical (unpaired) electrons. The maximum Gasteiger partial charge on any atom is 0.340 e. The SMILES string of the molecule is CCCNC(=O)CCN(c1ccccc1C(=O)OC)S(C)(=O)=O. The number of anilines is 1. The first-order valence-corrected chi connectivity index (χ1v) is 9.07. The quantitative estimate of drug-likeness (QED) is 0.716. The number of ether oxygens (including phenoxy) is 1. The van der Waals surface area contributed by atoms with Crippen LogP contribution < -0.4 is 9.62 Å². The van der Waals surface area contributed by atoms with Crippen molar-refractivity contribution in [3.8, 4) is 0 Å². The van der Waals surface area contributed by atoms with E-state index >= 15 is 0 Å². The maximum absolute atomic E-state index is 12.1. The molecule has 0 unspecified atom stereocenters. The zero-order valence-corrected chi connectivity index (χ0v) is 14.4. The zero-order valence-electron chi connectivity index (χ0n) is 13.5. The summed E-state index contributed by atoms with van der Waals surface area (Å²) < 4.78 is 29.9. The Kier molecular flexibility index (Phi) is 7.02. The van der Waals surface area contributed by atoms with Gasteiger partial charge in [0.2, 0.25) is 15.9 Å². The van der Waals surface area contributed by atoms with Gasteiger partial charge < -0.3 is 10.1 Å². The molecule has 1 amide bonds. The van der Waals surface area contributed by atoms with Crippen LogP contribution in [-0.2, 0) is 19.6 Å². The number of hydrogen-bond donors (Lipinski definition) is 1. The van der Waals surface area contributed by atoms with Gasteiger partial charge in [0, 0.05) is 19.5 Å². The summed E-state index contributed by atoms with van der Waals surface area (Å²) in [6, 6.07) is 6.23. The fraction of sp³-hybridized carbons (Fsp3) is 0.467. The van der Waals surface area contributed by atoms with E-state index in [1.165, 1.54) is 19.2 Å². The number of hydrogen-bond acceptors (Lipinski definition) is 5. The van der Waals surface area contributed by atoms with E-state index in [-0.39, 0.29) is 30.1 Å². The number of benzene rings is 1. The van der Waals surface area contributed by atoms with Gasteiger partial charge in [-0.15, -0.1) is 0 Å². The number of rotatable bonds is 8. The van der Waals surface area contributed by atoms with E-state index in [4.69, 9.17) is 0 Å². The number of methoxy groups -OCH3 is 1. The van der Waals surface area contributed by atoms with Crippen LogP contribution in [0.25, 0.3) is 0 Å². The van der Waals surface area contributed by atoms with Crippen molar-refractivity contribution in [2.75, 3.05) is 30.8 Å². The van der Waals surface area contributed by atoms with E-state index in [9.17, 15) is 18.0 Å². The van der Waals surface area contributed by atoms with Gasteiger partial charge in [-0.05, 0) is 18.6 Å². The van der Waals surface area contributed by atoms with Crippen LogP contribution in [0, 0.1) is 0 Å². The first kappa shape index (κ1) is 19.0. The van der Waals surface area contributed by atoms with E-state index in [1.807, 2.05) is 6.92 Å². The summed E-state index contributed by atoms with van der Waals surface area (Å²) in [6.45, 7) is 2.41. The fourth-order valence-corrected chi connectivity index (χ4v) is 2.93. The predicted octanol–water partition coefficient (Wildman–Crippen LogP) is 1.16. The van der Waals surface area contributed by atoms with Gasteiger partial charge in [-0.25, -0.2) is 13.2 Å². The smallest absolute Gasteiger partial charge is 0.340 e. The number of para-hydroxylation sites is 1. The van der Waals surface area contributed by atoms with Crippen molar-refractivity contribution in [3.63, 3.8) is 0 Å². The summed E-state index contributed by atoms with van der Waals surface area (Å²) in [5.41, 5.74) is 0.333. The Morgan fingerprint density at radius 3 is 2.48 bits per heavy atom. The lowest BCUT2D eigenvalue weighted by Gasteiger charge is -2.24. The number of sulfonamides is 1. The number of nitrogens with zero attached hydrogens (tertiary/aromatic N) is 1. The number of esters is 1. The first-order chi connectivity index (χ1) is 10.8. The maximum atomic E-state index is 12.1. The first-order valence-electron chi connectivity index (χ1n) is 7.23. The minimum atomic E-state index is -3.65. The standard InChI is InChI=1S/C15H22N2O5S/c1-4-10-16-14(18)9-11-17(23(3,20)21)13-8-6-5-7-12(13)15(19)22-2/h5-8H,4,9-11H2,1-3H3,(H,16,18). The highest BCUT2D eigenvalue weighted by Crippen LogP contribution is 2.23. The van der Waals surface area contributed by atoms with Gasteiger partial charge in [-0.1, -0.05) is 19.1 Å². The van der Waals surface area contributed by atoms with E-state index in [1.54, 1.807) is 12.1 Å². The van der Waals surface area contributed by atoms with Gasteiger partial charge in [0.25, 0.3) is 0 Å². The molecule has 0 atom stereocenters. The number of amides is 1. The Bertz CT molecular complexity index is 658. The average molecular weight is 342 g/mol. The minimum Gasteiger partial charge on any atom is -0.465 e. The molecule has 0 saturated carbocycles. The fourth-order valence-electron chi connectivity index (χ4n) is 1.99. The molecule has 0 aliphatic carbocycles. The molecule has 1 aromatic rings. The summed E-state index contributed by atoms with van der Waals surface area (Å²) in [5, 5.41) is 2.69. The number of carbonyl (C=O) groups excluding carboxylic acids is 2. The molecular formula is C15H22N2O5S. The van der Waals surface area contributed by atoms with Crippen LogP contribution >= 0.6 is 0 Å². The second-order valence-electron chi connectivity index (χ2n) is 4.94. The molecule has 0 aliphatic heterocycles. The van der Waals surface area contributed by atoms with Gasteiger partial charge in [0.05, 0.1) is 24.6 Å². The van der Waals surface area contributed by atoms with Crippen LogP contribution in [0.15, 0.2) is 24.3 Å². The molecule has 23 heavy (non-hydrogen) atoms. The van der Waals surface area contributed by atoms with Crippen molar-refractivity contribution in [2.45, 2.75) is 19.8 Å². The third kappa shape index (κ3) is 5.55. The third-order valence-corrected chi connectivity index (χ3v) is 4.27. The summed E-state index contributed by atoms with van der Waals surface area (Å²) >= 11 is 0. The second-order valence-corrected chi connectivity index (χ2v) is 6.85. The van der Waals surface area contributed by atoms with Crippen molar-refractivity contribution < 1.29 is 22.7 Å². The van der Waals surface area contributed by atoms with Crippen molar-refractivity contribution in [3.05, 3.63) is 29.8 Å². The largest absolute Gasteiger partial charge is 0.465 e. The lowest BCUT2D eigenvalue weighted by Crippen LogP contribution is -2.35. The zero-order chi connectivity index (χ0) is 17.5. The lowest BCUT2D eigenvalue weighted by atomic mass is 10.1. The normalized spacial score (nSPS) is 10.9. The lowest BCUT2D eigenvalue weighted by molar-refractivity contribution is -0.120. The van der Waals surface area contributed by atoms with Gasteiger partial charge in [0.15, 0.2) is 0 Å². The Morgan fingerprint density at radius 1 is 1.26 bits per heavy atom. The Hall–Kier alpha value is -2.09. The monoisotopic (exact) mass is 342 g/mol. The molecule has 0 fully saturated rings. The van der Waals surface area contributed by atoms with Crippen LogP contribution in [-0.4, -0.2) is 46.7 Å². The Labute approximate surface area is 136 Å². The molecule has 128 valence electrons. The molecule has 1 aromatic carbocycles. The number of nitrogens with one attached hydrogen (secondary N) is 1. The highest BCUT2D eigenvalue weighted by Gasteiger charge is 2.23. The summed E-state index contributed by atoms with van der Waals surface area (Å²) in [7, 11) is -2.43. The van der Waals surface area contributed by atoms with Crippen molar-refractivity contribution >= 4 is 27.6 Å². The van der Waals surface area contributed by atoms with Crippen molar-refractivity contribution in [2.24, 2.45) is 0 Å². The van der Waals surface area contributed by atoms with E-state index < -0.39 is 16.0 Å². The van der Waals surface area contributed by atoms with E-state index in [0.29, 0.717) is 6.54 Å². The molecule has 1 rings (SSSR count). The molecule has 8 heteroatoms. The Balaban J connectivity index is 3.05. The molecule has 0 bridgehead atoms. The summed E-state index contributed by atoms with van der Waals surface area (Å²) in [6.07, 6.45) is 1.83. The average Bonchev–Trinajstić information content (AvgIpc) is 2.51. The van der Waals surface area contributed by atoms with E-state index in [2.05, 4.69) is 10.1 Å². The van der Waals surface area contributed by atoms with Crippen molar-refractivity contribution in [1.82, 2.24) is 5.32 Å². The molecule has 0 aromatic heterocycles. The van der Waals surface area contributed by atoms with Gasteiger partial charge in [-0.2, -0.15) is 0 Å². The molecule has 0 spiro atoms. The van der Waals surface area contributed by atoms with Gasteiger partial charge >= 0.3 is 5.97 Å². The number of carbonyl (C=O) groups is 2. The molecule has 0 saturated heterocycles. The van der Waals surface area contributed by atoms with Crippen LogP contribution in [0.2, 0.25) is 0 Å².